The number of rotatable bonds is 6. The minimum atomic E-state index is -4.43. The van der Waals surface area contributed by atoms with Crippen LogP contribution in [0.4, 0.5) is 13.2 Å². The summed E-state index contributed by atoms with van der Waals surface area (Å²) in [4.78, 5) is 12.4. The van der Waals surface area contributed by atoms with E-state index in [1.165, 1.54) is 12.1 Å². The second-order valence-electron chi connectivity index (χ2n) is 3.86. The Morgan fingerprint density at radius 3 is 2.40 bits per heavy atom. The average molecular weight is 375 g/mol. The Kier molecular flexibility index (Phi) is 6.61. The summed E-state index contributed by atoms with van der Waals surface area (Å²) in [5, 5.41) is 0.761. The Balaban J connectivity index is 2.55. The van der Waals surface area contributed by atoms with Gasteiger partial charge in [0.2, 0.25) is 0 Å². The highest BCUT2D eigenvalue weighted by atomic mass is 79.9. The quantitative estimate of drug-likeness (QED) is 0.713. The minimum Gasteiger partial charge on any atom is -0.484 e. The lowest BCUT2D eigenvalue weighted by Gasteiger charge is -2.23. The van der Waals surface area contributed by atoms with Crippen LogP contribution in [0.15, 0.2) is 24.3 Å². The molecule has 1 amide bonds. The van der Waals surface area contributed by atoms with Crippen molar-refractivity contribution < 1.29 is 22.7 Å². The van der Waals surface area contributed by atoms with Crippen molar-refractivity contribution in [3.63, 3.8) is 0 Å². The van der Waals surface area contributed by atoms with Gasteiger partial charge in [0.15, 0.2) is 6.61 Å². The Hall–Kier alpha value is -0.950. The summed E-state index contributed by atoms with van der Waals surface area (Å²) in [7, 11) is 0. The van der Waals surface area contributed by atoms with Crippen LogP contribution in [0, 0.1) is 0 Å². The summed E-state index contributed by atoms with van der Waals surface area (Å²) < 4.78 is 42.1. The van der Waals surface area contributed by atoms with Gasteiger partial charge in [-0.05, 0) is 24.3 Å². The molecule has 0 radical (unpaired) electrons. The van der Waals surface area contributed by atoms with Crippen LogP contribution in [0.3, 0.4) is 0 Å². The maximum Gasteiger partial charge on any atom is 0.406 e. The molecule has 20 heavy (non-hydrogen) atoms. The van der Waals surface area contributed by atoms with E-state index < -0.39 is 25.2 Å². The molecule has 1 rings (SSSR count). The van der Waals surface area contributed by atoms with Crippen molar-refractivity contribution >= 4 is 33.4 Å². The Bertz CT molecular complexity index is 439. The minimum absolute atomic E-state index is 0.0394. The predicted octanol–water partition coefficient (Wildman–Crippen LogP) is 3.50. The molecule has 0 saturated heterocycles. The van der Waals surface area contributed by atoms with Gasteiger partial charge < -0.3 is 9.64 Å². The number of nitrogens with zero attached hydrogens (tertiary/aromatic N) is 1. The molecule has 0 aliphatic heterocycles. The third-order valence-electron chi connectivity index (χ3n) is 2.25. The van der Waals surface area contributed by atoms with Gasteiger partial charge in [0, 0.05) is 16.9 Å². The number of carbonyl (C=O) groups excluding carboxylic acids is 1. The van der Waals surface area contributed by atoms with Crippen molar-refractivity contribution in [2.45, 2.75) is 6.18 Å². The van der Waals surface area contributed by atoms with Crippen LogP contribution >= 0.6 is 27.5 Å². The summed E-state index contributed by atoms with van der Waals surface area (Å²) >= 11 is 8.69. The summed E-state index contributed by atoms with van der Waals surface area (Å²) in [5.74, 6) is -0.356. The molecule has 0 aliphatic carbocycles. The Morgan fingerprint density at radius 1 is 1.30 bits per heavy atom. The highest BCUT2D eigenvalue weighted by molar-refractivity contribution is 9.09. The molecule has 0 saturated carbocycles. The zero-order chi connectivity index (χ0) is 15.2. The van der Waals surface area contributed by atoms with Crippen LogP contribution in [-0.4, -0.2) is 42.0 Å². The van der Waals surface area contributed by atoms with E-state index in [2.05, 4.69) is 15.9 Å². The van der Waals surface area contributed by atoms with Gasteiger partial charge in [0.25, 0.3) is 5.91 Å². The first-order valence-corrected chi connectivity index (χ1v) is 7.10. The topological polar surface area (TPSA) is 29.5 Å². The third kappa shape index (κ3) is 6.47. The number of hydrogen-bond donors (Lipinski definition) is 0. The van der Waals surface area contributed by atoms with Gasteiger partial charge in [-0.1, -0.05) is 27.5 Å². The maximum atomic E-state index is 12.3. The number of carbonyl (C=O) groups is 1. The second-order valence-corrected chi connectivity index (χ2v) is 5.09. The fourth-order valence-corrected chi connectivity index (χ4v) is 1.93. The predicted molar refractivity (Wildman–Crippen MR) is 73.4 cm³/mol. The molecule has 112 valence electrons. The van der Waals surface area contributed by atoms with E-state index in [4.69, 9.17) is 16.3 Å². The van der Waals surface area contributed by atoms with Crippen LogP contribution in [0.25, 0.3) is 0 Å². The van der Waals surface area contributed by atoms with E-state index >= 15 is 0 Å². The third-order valence-corrected chi connectivity index (χ3v) is 2.86. The maximum absolute atomic E-state index is 12.3. The van der Waals surface area contributed by atoms with E-state index in [0.29, 0.717) is 15.7 Å². The fraction of sp³-hybridized carbons (Fsp3) is 0.417. The van der Waals surface area contributed by atoms with Crippen LogP contribution < -0.4 is 4.74 Å². The molecule has 0 aromatic heterocycles. The number of hydrogen-bond acceptors (Lipinski definition) is 2. The molecule has 0 spiro atoms. The largest absolute Gasteiger partial charge is 0.484 e. The van der Waals surface area contributed by atoms with Gasteiger partial charge in [-0.15, -0.1) is 0 Å². The van der Waals surface area contributed by atoms with Gasteiger partial charge in [-0.2, -0.15) is 13.2 Å². The highest BCUT2D eigenvalue weighted by Crippen LogP contribution is 2.18. The molecule has 0 unspecified atom stereocenters. The molecule has 0 aliphatic rings. The molecule has 0 heterocycles. The van der Waals surface area contributed by atoms with Gasteiger partial charge in [0.05, 0.1) is 0 Å². The lowest BCUT2D eigenvalue weighted by Crippen LogP contribution is -2.42. The van der Waals surface area contributed by atoms with Crippen LogP contribution in [0.2, 0.25) is 5.02 Å². The van der Waals surface area contributed by atoms with Gasteiger partial charge in [-0.3, -0.25) is 4.79 Å². The SMILES string of the molecule is O=C(COc1ccc(Cl)cc1)N(CCBr)CC(F)(F)F. The molecule has 3 nitrogen and oxygen atoms in total. The number of benzene rings is 1. The van der Waals surface area contributed by atoms with Crippen molar-refractivity contribution in [2.24, 2.45) is 0 Å². The Labute approximate surface area is 127 Å². The molecule has 0 fully saturated rings. The number of halogens is 5. The first kappa shape index (κ1) is 17.1. The van der Waals surface area contributed by atoms with Crippen molar-refractivity contribution in [3.05, 3.63) is 29.3 Å². The molecule has 1 aromatic carbocycles. The number of amides is 1. The van der Waals surface area contributed by atoms with Crippen molar-refractivity contribution in [3.8, 4) is 5.75 Å². The summed E-state index contributed by atoms with van der Waals surface area (Å²) in [6.07, 6.45) is -4.43. The van der Waals surface area contributed by atoms with Gasteiger partial charge >= 0.3 is 6.18 Å². The molecule has 0 N–H and O–H groups in total. The van der Waals surface area contributed by atoms with E-state index in [-0.39, 0.29) is 11.9 Å². The number of ether oxygens (including phenoxy) is 1. The molecule has 8 heteroatoms. The number of alkyl halides is 4. The summed E-state index contributed by atoms with van der Waals surface area (Å²) in [6.45, 7) is -1.78. The molecule has 0 bridgehead atoms. The van der Waals surface area contributed by atoms with Gasteiger partial charge in [0.1, 0.15) is 12.3 Å². The van der Waals surface area contributed by atoms with E-state index in [1.54, 1.807) is 12.1 Å². The zero-order valence-electron chi connectivity index (χ0n) is 10.3. The second kappa shape index (κ2) is 7.73. The van der Waals surface area contributed by atoms with Crippen LogP contribution in [-0.2, 0) is 4.79 Å². The standard InChI is InChI=1S/C12H12BrClF3NO2/c13-5-6-18(8-12(15,16)17)11(19)7-20-10-3-1-9(14)2-4-10/h1-4H,5-8H2. The van der Waals surface area contributed by atoms with Crippen molar-refractivity contribution in [1.29, 1.82) is 0 Å². The lowest BCUT2D eigenvalue weighted by atomic mass is 10.3. The molecule has 1 aromatic rings. The lowest BCUT2D eigenvalue weighted by molar-refractivity contribution is -0.161. The normalized spacial score (nSPS) is 11.2. The first-order chi connectivity index (χ1) is 9.31. The highest BCUT2D eigenvalue weighted by Gasteiger charge is 2.32. The molecule has 0 atom stereocenters. The first-order valence-electron chi connectivity index (χ1n) is 5.60. The van der Waals surface area contributed by atoms with Crippen LogP contribution in [0.5, 0.6) is 5.75 Å². The van der Waals surface area contributed by atoms with E-state index in [9.17, 15) is 18.0 Å². The average Bonchev–Trinajstić information content (AvgIpc) is 2.35. The fourth-order valence-electron chi connectivity index (χ4n) is 1.38. The summed E-state index contributed by atoms with van der Waals surface area (Å²) in [5.41, 5.74) is 0. The monoisotopic (exact) mass is 373 g/mol. The smallest absolute Gasteiger partial charge is 0.406 e. The van der Waals surface area contributed by atoms with Crippen molar-refractivity contribution in [2.75, 3.05) is 25.0 Å². The van der Waals surface area contributed by atoms with Crippen LogP contribution in [0.1, 0.15) is 0 Å². The molecular weight excluding hydrogens is 362 g/mol. The molecular formula is C12H12BrClF3NO2. The van der Waals surface area contributed by atoms with Crippen molar-refractivity contribution in [1.82, 2.24) is 4.90 Å². The Morgan fingerprint density at radius 2 is 1.90 bits per heavy atom. The van der Waals surface area contributed by atoms with E-state index in [0.717, 1.165) is 0 Å². The van der Waals surface area contributed by atoms with Gasteiger partial charge in [-0.25, -0.2) is 0 Å². The summed E-state index contributed by atoms with van der Waals surface area (Å²) in [6, 6.07) is 6.20. The van der Waals surface area contributed by atoms with E-state index in [1.807, 2.05) is 0 Å². The zero-order valence-corrected chi connectivity index (χ0v) is 12.6.